The third kappa shape index (κ3) is 4.29. The van der Waals surface area contributed by atoms with Gasteiger partial charge in [-0.1, -0.05) is 54.6 Å². The smallest absolute Gasteiger partial charge is 0.247 e. The minimum Gasteiger partial charge on any atom is -0.497 e. The zero-order valence-corrected chi connectivity index (χ0v) is 21.6. The zero-order valence-electron chi connectivity index (χ0n) is 20.8. The van der Waals surface area contributed by atoms with E-state index in [1.807, 2.05) is 6.07 Å². The van der Waals surface area contributed by atoms with Crippen LogP contribution in [0.25, 0.3) is 16.5 Å². The average molecular weight is 503 g/mol. The second-order valence-corrected chi connectivity index (χ2v) is 10.8. The van der Waals surface area contributed by atoms with Crippen molar-refractivity contribution in [1.82, 2.24) is 8.87 Å². The Hall–Kier alpha value is -3.55. The molecule has 0 saturated heterocycles. The number of rotatable bonds is 7. The van der Waals surface area contributed by atoms with Crippen molar-refractivity contribution in [2.75, 3.05) is 27.3 Å². The fraction of sp³-hybridized carbons (Fsp3) is 0.241. The maximum atomic E-state index is 13.5. The maximum Gasteiger partial charge on any atom is 0.247 e. The number of benzene rings is 3. The molecule has 0 radical (unpaired) electrons. The molecular weight excluding hydrogens is 472 g/mol. The van der Waals surface area contributed by atoms with Crippen LogP contribution in [0.4, 0.5) is 0 Å². The predicted octanol–water partition coefficient (Wildman–Crippen LogP) is 5.49. The van der Waals surface area contributed by atoms with Crippen molar-refractivity contribution in [2.24, 2.45) is 0 Å². The van der Waals surface area contributed by atoms with Gasteiger partial charge in [0.2, 0.25) is 10.0 Å². The van der Waals surface area contributed by atoms with Crippen LogP contribution < -0.4 is 9.47 Å². The minimum absolute atomic E-state index is 0.122. The van der Waals surface area contributed by atoms with Crippen LogP contribution in [0.3, 0.4) is 0 Å². The van der Waals surface area contributed by atoms with Gasteiger partial charge in [0.25, 0.3) is 0 Å². The number of hydrogen-bond donors (Lipinski definition) is 0. The van der Waals surface area contributed by atoms with Crippen LogP contribution in [0.5, 0.6) is 11.5 Å². The number of aromatic nitrogens is 1. The highest BCUT2D eigenvalue weighted by molar-refractivity contribution is 7.89. The van der Waals surface area contributed by atoms with Crippen LogP contribution in [0.2, 0.25) is 0 Å². The van der Waals surface area contributed by atoms with E-state index >= 15 is 0 Å². The lowest BCUT2D eigenvalue weighted by atomic mass is 9.97. The van der Waals surface area contributed by atoms with Crippen molar-refractivity contribution in [3.8, 4) is 11.5 Å². The van der Waals surface area contributed by atoms with Crippen LogP contribution in [0, 0.1) is 6.92 Å². The standard InChI is InChI=1S/C29H30N2O4S/c1-21-29(25-11-7-8-12-26(25)31(21)20-22-9-5-4-6-10-22)23-15-17-30(18-16-23)36(32,33)28-19-24(34-2)13-14-27(28)35-3/h4-15,19H,16-18,20H2,1-3H3. The molecular formula is C29H30N2O4S. The van der Waals surface area contributed by atoms with Crippen LogP contribution in [-0.2, 0) is 16.6 Å². The van der Waals surface area contributed by atoms with Gasteiger partial charge in [0.05, 0.1) is 14.2 Å². The molecule has 3 aromatic carbocycles. The van der Waals surface area contributed by atoms with Gasteiger partial charge in [-0.05, 0) is 42.7 Å². The van der Waals surface area contributed by atoms with Gasteiger partial charge in [-0.2, -0.15) is 4.31 Å². The molecule has 1 aliphatic rings. The van der Waals surface area contributed by atoms with E-state index < -0.39 is 10.0 Å². The lowest BCUT2D eigenvalue weighted by Crippen LogP contribution is -2.35. The molecule has 0 N–H and O–H groups in total. The Morgan fingerprint density at radius 2 is 1.67 bits per heavy atom. The van der Waals surface area contributed by atoms with Crippen molar-refractivity contribution in [2.45, 2.75) is 24.8 Å². The molecule has 1 aliphatic heterocycles. The number of methoxy groups -OCH3 is 2. The Kier molecular flexibility index (Phi) is 6.60. The topological polar surface area (TPSA) is 60.8 Å². The molecule has 6 nitrogen and oxygen atoms in total. The molecule has 0 fully saturated rings. The summed E-state index contributed by atoms with van der Waals surface area (Å²) >= 11 is 0. The van der Waals surface area contributed by atoms with Gasteiger partial charge in [-0.15, -0.1) is 0 Å². The lowest BCUT2D eigenvalue weighted by molar-refractivity contribution is 0.386. The maximum absolute atomic E-state index is 13.5. The largest absolute Gasteiger partial charge is 0.497 e. The van der Waals surface area contributed by atoms with E-state index in [1.54, 1.807) is 12.1 Å². The first kappa shape index (κ1) is 24.2. The van der Waals surface area contributed by atoms with Crippen molar-refractivity contribution in [1.29, 1.82) is 0 Å². The van der Waals surface area contributed by atoms with Gasteiger partial charge in [-0.25, -0.2) is 8.42 Å². The SMILES string of the molecule is COc1ccc(OC)c(S(=O)(=O)N2CC=C(c3c(C)n(Cc4ccccc4)c4ccccc34)CC2)c1. The van der Waals surface area contributed by atoms with Gasteiger partial charge in [0.15, 0.2) is 0 Å². The Morgan fingerprint density at radius 3 is 2.36 bits per heavy atom. The Bertz CT molecular complexity index is 1540. The molecule has 186 valence electrons. The molecule has 1 aromatic heterocycles. The summed E-state index contributed by atoms with van der Waals surface area (Å²) in [4.78, 5) is 0.122. The second kappa shape index (κ2) is 9.84. The lowest BCUT2D eigenvalue weighted by Gasteiger charge is -2.27. The number of nitrogens with zero attached hydrogens (tertiary/aromatic N) is 2. The van der Waals surface area contributed by atoms with Crippen LogP contribution in [0.1, 0.15) is 23.2 Å². The van der Waals surface area contributed by atoms with Gasteiger partial charge in [0, 0.05) is 47.9 Å². The van der Waals surface area contributed by atoms with Crippen LogP contribution >= 0.6 is 0 Å². The molecule has 0 amide bonds. The van der Waals surface area contributed by atoms with Gasteiger partial charge in [0.1, 0.15) is 16.4 Å². The normalized spacial score (nSPS) is 14.6. The van der Waals surface area contributed by atoms with E-state index in [1.165, 1.54) is 57.9 Å². The van der Waals surface area contributed by atoms with Crippen molar-refractivity contribution in [3.05, 3.63) is 95.7 Å². The van der Waals surface area contributed by atoms with E-state index in [0.29, 0.717) is 31.0 Å². The summed E-state index contributed by atoms with van der Waals surface area (Å²) in [5.74, 6) is 0.787. The third-order valence-electron chi connectivity index (χ3n) is 6.90. The second-order valence-electron chi connectivity index (χ2n) is 8.91. The highest BCUT2D eigenvalue weighted by Gasteiger charge is 2.30. The molecule has 4 aromatic rings. The highest BCUT2D eigenvalue weighted by Crippen LogP contribution is 2.37. The molecule has 0 spiro atoms. The first-order valence-corrected chi connectivity index (χ1v) is 13.4. The fourth-order valence-electron chi connectivity index (χ4n) is 5.03. The number of para-hydroxylation sites is 1. The number of ether oxygens (including phenoxy) is 2. The Morgan fingerprint density at radius 1 is 0.917 bits per heavy atom. The molecule has 0 unspecified atom stereocenters. The fourth-order valence-corrected chi connectivity index (χ4v) is 6.58. The molecule has 0 bridgehead atoms. The van der Waals surface area contributed by atoms with Crippen molar-refractivity contribution < 1.29 is 17.9 Å². The molecule has 5 rings (SSSR count). The van der Waals surface area contributed by atoms with Gasteiger partial charge in [-0.3, -0.25) is 0 Å². The van der Waals surface area contributed by atoms with E-state index in [0.717, 1.165) is 6.54 Å². The van der Waals surface area contributed by atoms with Crippen molar-refractivity contribution in [3.63, 3.8) is 0 Å². The highest BCUT2D eigenvalue weighted by atomic mass is 32.2. The summed E-state index contributed by atoms with van der Waals surface area (Å²) in [5.41, 5.74) is 6.01. The molecule has 0 atom stereocenters. The monoisotopic (exact) mass is 502 g/mol. The van der Waals surface area contributed by atoms with E-state index in [4.69, 9.17) is 9.47 Å². The summed E-state index contributed by atoms with van der Waals surface area (Å²) < 4.78 is 41.5. The number of hydrogen-bond acceptors (Lipinski definition) is 4. The van der Waals surface area contributed by atoms with Crippen molar-refractivity contribution >= 4 is 26.5 Å². The summed E-state index contributed by atoms with van der Waals surface area (Å²) in [5, 5.41) is 1.20. The van der Waals surface area contributed by atoms with Gasteiger partial charge >= 0.3 is 0 Å². The molecule has 36 heavy (non-hydrogen) atoms. The summed E-state index contributed by atoms with van der Waals surface area (Å²) in [6, 6.07) is 23.7. The summed E-state index contributed by atoms with van der Waals surface area (Å²) in [7, 11) is -0.759. The molecule has 7 heteroatoms. The van der Waals surface area contributed by atoms with Crippen LogP contribution in [0.15, 0.2) is 83.8 Å². The zero-order chi connectivity index (χ0) is 25.3. The molecule has 2 heterocycles. The predicted molar refractivity (Wildman–Crippen MR) is 143 cm³/mol. The minimum atomic E-state index is -3.75. The van der Waals surface area contributed by atoms with E-state index in [9.17, 15) is 8.42 Å². The quantitative estimate of drug-likeness (QED) is 0.335. The summed E-state index contributed by atoms with van der Waals surface area (Å²) in [6.45, 7) is 3.64. The Balaban J connectivity index is 1.49. The van der Waals surface area contributed by atoms with E-state index in [2.05, 4.69) is 66.1 Å². The first-order valence-electron chi connectivity index (χ1n) is 12.0. The summed E-state index contributed by atoms with van der Waals surface area (Å²) in [6.07, 6.45) is 2.68. The van der Waals surface area contributed by atoms with Gasteiger partial charge < -0.3 is 14.0 Å². The Labute approximate surface area is 212 Å². The number of sulfonamides is 1. The third-order valence-corrected chi connectivity index (χ3v) is 8.78. The first-order chi connectivity index (χ1) is 17.4. The molecule has 0 saturated carbocycles. The van der Waals surface area contributed by atoms with Crippen LogP contribution in [-0.4, -0.2) is 44.6 Å². The van der Waals surface area contributed by atoms with E-state index in [-0.39, 0.29) is 4.90 Å². The average Bonchev–Trinajstić information content (AvgIpc) is 3.19. The molecule has 0 aliphatic carbocycles. The number of fused-ring (bicyclic) bond motifs is 1.